The quantitative estimate of drug-likeness (QED) is 0.547. The van der Waals surface area contributed by atoms with Gasteiger partial charge in [0.05, 0.1) is 12.4 Å². The Morgan fingerprint density at radius 3 is 2.73 bits per heavy atom. The predicted molar refractivity (Wildman–Crippen MR) is 115 cm³/mol. The lowest BCUT2D eigenvalue weighted by atomic mass is 9.47. The molecular formula is C26H28O7. The summed E-state index contributed by atoms with van der Waals surface area (Å²) in [6.45, 7) is 5.99. The SMILES string of the molecule is C[C@@H]1CC2C3CCC4=CC(=O)C=C[C@]4(C)[C@@]34O[C@@H]4C[C@]2(C)[C@@]1(OC(=O)c1ccco1)C(=O)O. The molecule has 0 aromatic carbocycles. The van der Waals surface area contributed by atoms with Crippen molar-refractivity contribution in [2.45, 2.75) is 63.8 Å². The first-order chi connectivity index (χ1) is 15.6. The van der Waals surface area contributed by atoms with Crippen LogP contribution in [0.4, 0.5) is 0 Å². The number of carbonyl (C=O) groups excluding carboxylic acids is 2. The highest BCUT2D eigenvalue weighted by Crippen LogP contribution is 2.76. The third kappa shape index (κ3) is 2.27. The third-order valence-corrected chi connectivity index (χ3v) is 9.77. The molecule has 4 fully saturated rings. The van der Waals surface area contributed by atoms with Crippen LogP contribution in [0.2, 0.25) is 0 Å². The number of allylic oxidation sites excluding steroid dienone is 2. The number of hydrogen-bond acceptors (Lipinski definition) is 6. The van der Waals surface area contributed by atoms with Gasteiger partial charge < -0.3 is 19.0 Å². The Labute approximate surface area is 191 Å². The van der Waals surface area contributed by atoms with Crippen molar-refractivity contribution in [1.29, 1.82) is 0 Å². The summed E-state index contributed by atoms with van der Waals surface area (Å²) in [7, 11) is 0. The van der Waals surface area contributed by atoms with Gasteiger partial charge in [-0.3, -0.25) is 4.79 Å². The van der Waals surface area contributed by atoms with Crippen molar-refractivity contribution in [1.82, 2.24) is 0 Å². The van der Waals surface area contributed by atoms with Crippen LogP contribution < -0.4 is 0 Å². The minimum atomic E-state index is -1.67. The predicted octanol–water partition coefficient (Wildman–Crippen LogP) is 3.95. The third-order valence-electron chi connectivity index (χ3n) is 9.77. The number of carboxylic acids is 1. The second-order valence-electron chi connectivity index (χ2n) is 10.9. The van der Waals surface area contributed by atoms with Crippen LogP contribution in [-0.4, -0.2) is 40.1 Å². The molecule has 0 radical (unpaired) electrons. The maximum absolute atomic E-state index is 12.9. The van der Waals surface area contributed by atoms with Crippen LogP contribution in [0.25, 0.3) is 0 Å². The number of aliphatic carboxylic acids is 1. The fourth-order valence-corrected chi connectivity index (χ4v) is 8.28. The summed E-state index contributed by atoms with van der Waals surface area (Å²) in [6, 6.07) is 3.07. The van der Waals surface area contributed by atoms with E-state index in [1.165, 1.54) is 12.3 Å². The van der Waals surface area contributed by atoms with Crippen molar-refractivity contribution < 1.29 is 33.4 Å². The van der Waals surface area contributed by atoms with Gasteiger partial charge in [0.15, 0.2) is 5.78 Å². The summed E-state index contributed by atoms with van der Waals surface area (Å²) in [5.41, 5.74) is -2.16. The molecule has 4 aliphatic carbocycles. The Morgan fingerprint density at radius 1 is 1.24 bits per heavy atom. The summed E-state index contributed by atoms with van der Waals surface area (Å²) >= 11 is 0. The monoisotopic (exact) mass is 452 g/mol. The number of carbonyl (C=O) groups is 3. The Bertz CT molecular complexity index is 1130. The van der Waals surface area contributed by atoms with Crippen molar-refractivity contribution in [2.24, 2.45) is 28.6 Å². The lowest BCUT2D eigenvalue weighted by molar-refractivity contribution is -0.185. The minimum Gasteiger partial charge on any atom is -0.478 e. The highest BCUT2D eigenvalue weighted by atomic mass is 16.6. The molecule has 2 unspecified atom stereocenters. The summed E-state index contributed by atoms with van der Waals surface area (Å²) < 4.78 is 17.6. The molecule has 2 heterocycles. The van der Waals surface area contributed by atoms with E-state index in [-0.39, 0.29) is 40.8 Å². The molecule has 1 aromatic heterocycles. The molecule has 1 spiro atoms. The molecule has 0 amide bonds. The van der Waals surface area contributed by atoms with Gasteiger partial charge in [-0.15, -0.1) is 0 Å². The zero-order valence-electron chi connectivity index (χ0n) is 19.0. The van der Waals surface area contributed by atoms with Gasteiger partial charge >= 0.3 is 11.9 Å². The molecule has 0 bridgehead atoms. The second-order valence-corrected chi connectivity index (χ2v) is 10.9. The van der Waals surface area contributed by atoms with Gasteiger partial charge in [0.25, 0.3) is 0 Å². The Morgan fingerprint density at radius 2 is 2.03 bits per heavy atom. The fraction of sp³-hybridized carbons (Fsp3) is 0.577. The van der Waals surface area contributed by atoms with Crippen LogP contribution in [0.15, 0.2) is 46.6 Å². The molecule has 174 valence electrons. The van der Waals surface area contributed by atoms with Gasteiger partial charge in [-0.1, -0.05) is 25.5 Å². The van der Waals surface area contributed by atoms with E-state index in [0.29, 0.717) is 12.8 Å². The number of ether oxygens (including phenoxy) is 2. The number of carboxylic acid groups (broad SMARTS) is 1. The van der Waals surface area contributed by atoms with Gasteiger partial charge in [-0.25, -0.2) is 9.59 Å². The number of fused-ring (bicyclic) bond motifs is 3. The van der Waals surface area contributed by atoms with E-state index in [1.54, 1.807) is 18.2 Å². The van der Waals surface area contributed by atoms with E-state index in [4.69, 9.17) is 13.9 Å². The first-order valence-corrected chi connectivity index (χ1v) is 11.7. The molecular weight excluding hydrogens is 424 g/mol. The van der Waals surface area contributed by atoms with E-state index < -0.39 is 28.6 Å². The lowest BCUT2D eigenvalue weighted by Crippen LogP contribution is -2.63. The van der Waals surface area contributed by atoms with Crippen molar-refractivity contribution in [3.63, 3.8) is 0 Å². The zero-order valence-corrected chi connectivity index (χ0v) is 19.0. The number of hydrogen-bond donors (Lipinski definition) is 1. The summed E-state index contributed by atoms with van der Waals surface area (Å²) in [6.07, 6.45) is 9.33. The van der Waals surface area contributed by atoms with Crippen LogP contribution in [0.1, 0.15) is 57.0 Å². The Kier molecular flexibility index (Phi) is 3.96. The fourth-order valence-electron chi connectivity index (χ4n) is 8.28. The molecule has 8 atom stereocenters. The van der Waals surface area contributed by atoms with Gasteiger partial charge in [0.2, 0.25) is 11.4 Å². The second kappa shape index (κ2) is 6.26. The van der Waals surface area contributed by atoms with Gasteiger partial charge in [0, 0.05) is 16.7 Å². The molecule has 7 heteroatoms. The smallest absolute Gasteiger partial charge is 0.375 e. The van der Waals surface area contributed by atoms with E-state index >= 15 is 0 Å². The molecule has 5 aliphatic rings. The standard InChI is InChI=1S/C26H28O7/c1-14-11-18-17-7-6-15-12-16(27)8-9-23(15,2)26(17)20(32-26)13-24(18,3)25(14,22(29)30)33-21(28)19-5-4-10-31-19/h4-5,8-10,12,14,17-18,20H,6-7,11,13H2,1-3H3,(H,29,30)/t14-,17?,18?,20-,23+,24+,25+,26-/m1/s1. The number of rotatable bonds is 3. The zero-order chi connectivity index (χ0) is 23.4. The Hall–Kier alpha value is -2.67. The topological polar surface area (TPSA) is 106 Å². The normalized spacial score (nSPS) is 47.0. The lowest BCUT2D eigenvalue weighted by Gasteiger charge is -2.55. The number of epoxide rings is 1. The summed E-state index contributed by atoms with van der Waals surface area (Å²) in [5, 5.41) is 10.5. The summed E-state index contributed by atoms with van der Waals surface area (Å²) in [4.78, 5) is 37.9. The molecule has 1 aromatic rings. The molecule has 1 N–H and O–H groups in total. The average Bonchev–Trinajstić information content (AvgIpc) is 3.14. The van der Waals surface area contributed by atoms with E-state index in [9.17, 15) is 19.5 Å². The van der Waals surface area contributed by atoms with Crippen LogP contribution in [0.3, 0.4) is 0 Å². The largest absolute Gasteiger partial charge is 0.478 e. The molecule has 3 saturated carbocycles. The molecule has 1 saturated heterocycles. The minimum absolute atomic E-state index is 0.000306. The summed E-state index contributed by atoms with van der Waals surface area (Å²) in [5.74, 6) is -2.09. The number of esters is 1. The van der Waals surface area contributed by atoms with Crippen molar-refractivity contribution in [3.05, 3.63) is 48.0 Å². The number of ketones is 1. The highest BCUT2D eigenvalue weighted by Gasteiger charge is 2.83. The first kappa shape index (κ1) is 20.9. The maximum atomic E-state index is 12.9. The maximum Gasteiger partial charge on any atom is 0.375 e. The van der Waals surface area contributed by atoms with Gasteiger partial charge in [-0.2, -0.15) is 0 Å². The van der Waals surface area contributed by atoms with Crippen molar-refractivity contribution >= 4 is 17.7 Å². The van der Waals surface area contributed by atoms with E-state index in [1.807, 2.05) is 19.9 Å². The Balaban J connectivity index is 1.42. The molecule has 7 nitrogen and oxygen atoms in total. The van der Waals surface area contributed by atoms with Gasteiger partial charge in [0.1, 0.15) is 5.60 Å². The molecule has 1 aliphatic heterocycles. The van der Waals surface area contributed by atoms with Crippen molar-refractivity contribution in [3.8, 4) is 0 Å². The first-order valence-electron chi connectivity index (χ1n) is 11.7. The van der Waals surface area contributed by atoms with Gasteiger partial charge in [-0.05, 0) is 68.7 Å². The average molecular weight is 453 g/mol. The molecule has 33 heavy (non-hydrogen) atoms. The number of furan rings is 1. The van der Waals surface area contributed by atoms with E-state index in [2.05, 4.69) is 6.92 Å². The molecule has 6 rings (SSSR count). The van der Waals surface area contributed by atoms with Crippen LogP contribution in [0.5, 0.6) is 0 Å². The van der Waals surface area contributed by atoms with Crippen LogP contribution in [0, 0.1) is 28.6 Å². The highest BCUT2D eigenvalue weighted by molar-refractivity contribution is 6.01. The van der Waals surface area contributed by atoms with Crippen LogP contribution >= 0.6 is 0 Å². The van der Waals surface area contributed by atoms with Crippen molar-refractivity contribution in [2.75, 3.05) is 0 Å². The van der Waals surface area contributed by atoms with E-state index in [0.717, 1.165) is 18.4 Å². The van der Waals surface area contributed by atoms with Crippen LogP contribution in [-0.2, 0) is 19.1 Å².